The van der Waals surface area contributed by atoms with Crippen LogP contribution in [0.1, 0.15) is 141 Å². The second kappa shape index (κ2) is 48.0. The first-order valence-electron chi connectivity index (χ1n) is 35.3. The predicted octanol–water partition coefficient (Wildman–Crippen LogP) is 18.3. The fourth-order valence-electron chi connectivity index (χ4n) is 10.8. The Morgan fingerprint density at radius 1 is 0.389 bits per heavy atom. The van der Waals surface area contributed by atoms with Crippen LogP contribution in [0.5, 0.6) is 0 Å². The number of rotatable bonds is 29. The second-order valence-corrected chi connectivity index (χ2v) is 24.3. The van der Waals surface area contributed by atoms with Gasteiger partial charge in [-0.1, -0.05) is 152 Å². The largest absolute Gasteiger partial charge is 0.340 e. The van der Waals surface area contributed by atoms with E-state index in [0.29, 0.717) is 11.6 Å². The molecule has 17 nitrogen and oxygen atoms in total. The summed E-state index contributed by atoms with van der Waals surface area (Å²) in [7, 11) is 6.57. The number of fused-ring (bicyclic) bond motifs is 2. The van der Waals surface area contributed by atoms with E-state index in [0.717, 1.165) is 81.4 Å². The number of aryl methyl sites for hydroxylation is 6. The number of likely N-dealkylation sites (N-methyl/N-ethyl adjacent to an activating group) is 2. The van der Waals surface area contributed by atoms with Crippen LogP contribution in [0.2, 0.25) is 0 Å². The first-order chi connectivity index (χ1) is 46.2. The maximum absolute atomic E-state index is 4.42. The van der Waals surface area contributed by atoms with Crippen molar-refractivity contribution in [2.24, 2.45) is 20.7 Å². The average molecular weight is 1290 g/mol. The summed E-state index contributed by atoms with van der Waals surface area (Å²) in [5.74, 6) is 1.41. The molecule has 95 heavy (non-hydrogen) atoms. The highest BCUT2D eigenvalue weighted by atomic mass is 15.5. The van der Waals surface area contributed by atoms with Gasteiger partial charge in [-0.05, 0) is 233 Å². The van der Waals surface area contributed by atoms with Crippen LogP contribution in [0.4, 0.5) is 34.4 Å². The third-order valence-electron chi connectivity index (χ3n) is 16.0. The number of anilines is 6. The number of nitrogens with zero attached hydrogens (tertiary/aromatic N) is 13. The average Bonchev–Trinajstić information content (AvgIpc) is 0.831. The molecule has 3 heterocycles. The van der Waals surface area contributed by atoms with Gasteiger partial charge >= 0.3 is 0 Å². The standard InChI is InChI=1S/C31H28N12.C10H22N2.C10H24N2.2C10H14.C7H17N/c1-20-5-3-7-22(13-20)38-30-26-15-24(9-11-28(26)32-17-34-30)40-42-36-19-37-43-41-25-10-12-29-27(16-25)31(35-18-33-29)39-23-8-4-6-21(2)14-23;1-3-5-11-7-9-12(6-4-2)10-8-11;1-5-7-11(3)9-10-12(4)8-6-2;1-3-9-5-7-10(4-2)8-6-9;1-3-9-7-5-6-8-10(9)4-2;1-4-6-8(3)7-5-2/h3-18H,19H2,1-2H3,(H,36,40)(H,37,41)(H,32,34,38)(H,33,35,39);3-10H2,1-2H3;5-10H2,1-4H3;2*5-8H,3-4H2,1-2H3;4-7H2,1-3H3. The molecule has 0 amide bonds. The highest BCUT2D eigenvalue weighted by Crippen LogP contribution is 2.28. The summed E-state index contributed by atoms with van der Waals surface area (Å²) in [4.78, 5) is 29.9. The maximum atomic E-state index is 4.42. The van der Waals surface area contributed by atoms with Crippen molar-refractivity contribution in [2.45, 2.75) is 147 Å². The van der Waals surface area contributed by atoms with Crippen LogP contribution in [0, 0.1) is 13.8 Å². The molecule has 4 N–H and O–H groups in total. The molecule has 0 saturated carbocycles. The molecule has 0 unspecified atom stereocenters. The summed E-state index contributed by atoms with van der Waals surface area (Å²) in [5, 5.41) is 24.6. The molecule has 1 saturated heterocycles. The Labute approximate surface area is 573 Å². The van der Waals surface area contributed by atoms with E-state index in [-0.39, 0.29) is 6.67 Å². The molecule has 0 bridgehead atoms. The Hall–Kier alpha value is -7.80. The molecular formula is C78H119N17. The number of aromatic nitrogens is 4. The van der Waals surface area contributed by atoms with Gasteiger partial charge < -0.3 is 35.1 Å². The van der Waals surface area contributed by atoms with Crippen LogP contribution in [0.15, 0.2) is 167 Å². The first-order valence-corrected chi connectivity index (χ1v) is 35.3. The van der Waals surface area contributed by atoms with Crippen molar-refractivity contribution in [1.29, 1.82) is 0 Å². The van der Waals surface area contributed by atoms with Gasteiger partial charge in [0.05, 0.1) is 22.4 Å². The van der Waals surface area contributed by atoms with Crippen LogP contribution in [-0.4, -0.2) is 151 Å². The summed E-state index contributed by atoms with van der Waals surface area (Å²) < 4.78 is 0. The first kappa shape index (κ1) is 79.6. The van der Waals surface area contributed by atoms with E-state index in [1.54, 1.807) is 12.7 Å². The Bertz CT molecular complexity index is 3140. The zero-order chi connectivity index (χ0) is 68.8. The molecule has 1 aliphatic heterocycles. The van der Waals surface area contributed by atoms with Gasteiger partial charge in [0.2, 0.25) is 0 Å². The summed E-state index contributed by atoms with van der Waals surface area (Å²) in [6, 6.07) is 45.0. The molecule has 1 fully saturated rings. The van der Waals surface area contributed by atoms with Crippen molar-refractivity contribution in [3.63, 3.8) is 0 Å². The van der Waals surface area contributed by atoms with Crippen molar-refractivity contribution in [2.75, 3.05) is 128 Å². The van der Waals surface area contributed by atoms with Crippen LogP contribution in [0.25, 0.3) is 21.8 Å². The maximum Gasteiger partial charge on any atom is 0.175 e. The van der Waals surface area contributed by atoms with Gasteiger partial charge in [0, 0.05) is 61.4 Å². The van der Waals surface area contributed by atoms with Crippen molar-refractivity contribution >= 4 is 56.2 Å². The zero-order valence-corrected chi connectivity index (χ0v) is 60.9. The number of benzene rings is 6. The molecule has 0 spiro atoms. The van der Waals surface area contributed by atoms with Crippen LogP contribution >= 0.6 is 0 Å². The van der Waals surface area contributed by atoms with Gasteiger partial charge in [-0.2, -0.15) is 0 Å². The Morgan fingerprint density at radius 2 is 0.768 bits per heavy atom. The third-order valence-corrected chi connectivity index (χ3v) is 16.0. The van der Waals surface area contributed by atoms with Crippen LogP contribution in [0.3, 0.4) is 0 Å². The molecule has 516 valence electrons. The van der Waals surface area contributed by atoms with Crippen molar-refractivity contribution in [3.8, 4) is 0 Å². The van der Waals surface area contributed by atoms with E-state index in [9.17, 15) is 0 Å². The molecule has 6 aromatic carbocycles. The Morgan fingerprint density at radius 3 is 1.11 bits per heavy atom. The number of hydrogen-bond acceptors (Lipinski definition) is 15. The zero-order valence-electron chi connectivity index (χ0n) is 60.9. The highest BCUT2D eigenvalue weighted by molar-refractivity contribution is 5.94. The quantitative estimate of drug-likeness (QED) is 0.0259. The van der Waals surface area contributed by atoms with Crippen LogP contribution in [-0.2, 0) is 25.7 Å². The molecule has 8 aromatic rings. The lowest BCUT2D eigenvalue weighted by Gasteiger charge is -2.34. The fourth-order valence-corrected chi connectivity index (χ4v) is 10.8. The van der Waals surface area contributed by atoms with Crippen LogP contribution < -0.4 is 21.5 Å². The molecule has 0 aliphatic carbocycles. The summed E-state index contributed by atoms with van der Waals surface area (Å²) >= 11 is 0. The van der Waals surface area contributed by atoms with Gasteiger partial charge in [-0.25, -0.2) is 19.9 Å². The van der Waals surface area contributed by atoms with Crippen molar-refractivity contribution in [3.05, 3.63) is 179 Å². The number of piperazine rings is 1. The molecule has 9 rings (SSSR count). The summed E-state index contributed by atoms with van der Waals surface area (Å²) in [5.41, 5.74) is 19.0. The van der Waals surface area contributed by atoms with E-state index >= 15 is 0 Å². The smallest absolute Gasteiger partial charge is 0.175 e. The Balaban J connectivity index is 0.000000297. The lowest BCUT2D eigenvalue weighted by Crippen LogP contribution is -2.46. The lowest BCUT2D eigenvalue weighted by atomic mass is 10.0. The SMILES string of the molecule is CCCN(C)CCC.CCCN(C)CCN(C)CCC.CCCN1CCN(CCC)CC1.CCc1ccc(CC)cc1.CCc1ccccc1CC.Cc1cccc(Nc2ncnc3ccc(NN=NCN=NNc4ccc5ncnc(Nc6cccc(C)c6)c5c4)cc23)c1. The van der Waals surface area contributed by atoms with E-state index in [4.69, 9.17) is 0 Å². The van der Waals surface area contributed by atoms with Gasteiger partial charge in [0.1, 0.15) is 24.3 Å². The predicted molar refractivity (Wildman–Crippen MR) is 407 cm³/mol. The van der Waals surface area contributed by atoms with Crippen molar-refractivity contribution < 1.29 is 0 Å². The molecule has 0 radical (unpaired) electrons. The number of nitrogens with one attached hydrogen (secondary N) is 4. The molecule has 2 aromatic heterocycles. The monoisotopic (exact) mass is 1290 g/mol. The second-order valence-electron chi connectivity index (χ2n) is 24.3. The van der Waals surface area contributed by atoms with Gasteiger partial charge in [0.25, 0.3) is 0 Å². The van der Waals surface area contributed by atoms with E-state index in [2.05, 4.69) is 238 Å². The molecule has 17 heteroatoms. The minimum absolute atomic E-state index is 0.0354. The minimum atomic E-state index is 0.0354. The lowest BCUT2D eigenvalue weighted by molar-refractivity contribution is 0.133. The topological polar surface area (TPSA) is 165 Å². The number of hydrogen-bond donors (Lipinski definition) is 4. The normalized spacial score (nSPS) is 12.3. The molecule has 1 aliphatic rings. The van der Waals surface area contributed by atoms with Crippen molar-refractivity contribution in [1.82, 2.24) is 44.4 Å². The third kappa shape index (κ3) is 32.0. The van der Waals surface area contributed by atoms with Gasteiger partial charge in [0.15, 0.2) is 6.67 Å². The molecule has 0 atom stereocenters. The highest BCUT2D eigenvalue weighted by Gasteiger charge is 2.15. The Kier molecular flexibility index (Phi) is 40.2. The fraction of sp³-hybridized carbons (Fsp3) is 0.487. The van der Waals surface area contributed by atoms with E-state index < -0.39 is 0 Å². The molecular weight excluding hydrogens is 1170 g/mol. The summed E-state index contributed by atoms with van der Waals surface area (Å²) in [6.07, 6.45) is 15.3. The minimum Gasteiger partial charge on any atom is -0.340 e. The van der Waals surface area contributed by atoms with E-state index in [1.165, 1.54) is 139 Å². The van der Waals surface area contributed by atoms with Gasteiger partial charge in [-0.15, -0.1) is 10.2 Å². The van der Waals surface area contributed by atoms with Gasteiger partial charge in [-0.3, -0.25) is 10.9 Å². The van der Waals surface area contributed by atoms with E-state index in [1.807, 2.05) is 86.6 Å². The summed E-state index contributed by atoms with van der Waals surface area (Å²) in [6.45, 7) is 41.4.